The van der Waals surface area contributed by atoms with Gasteiger partial charge in [-0.15, -0.1) is 0 Å². The largest absolute Gasteiger partial charge is 0.491 e. The van der Waals surface area contributed by atoms with E-state index in [0.29, 0.717) is 0 Å². The highest BCUT2D eigenvalue weighted by atomic mass is 16.5. The smallest absolute Gasteiger partial charge is 0.119 e. The molecule has 0 aliphatic carbocycles. The summed E-state index contributed by atoms with van der Waals surface area (Å²) >= 11 is 0. The highest BCUT2D eigenvalue weighted by Gasteiger charge is 2.01. The van der Waals surface area contributed by atoms with Crippen molar-refractivity contribution in [2.45, 2.75) is 32.8 Å². The van der Waals surface area contributed by atoms with Crippen molar-refractivity contribution in [3.63, 3.8) is 0 Å². The highest BCUT2D eigenvalue weighted by molar-refractivity contribution is 5.31. The van der Waals surface area contributed by atoms with E-state index in [4.69, 9.17) is 4.74 Å². The number of hydrogen-bond donors (Lipinski definition) is 0. The quantitative estimate of drug-likeness (QED) is 0.750. The Kier molecular flexibility index (Phi) is 4.40. The van der Waals surface area contributed by atoms with Crippen molar-refractivity contribution < 1.29 is 4.74 Å². The van der Waals surface area contributed by atoms with Crippen LogP contribution in [0.1, 0.15) is 31.4 Å². The molecule has 0 aromatic heterocycles. The van der Waals surface area contributed by atoms with Crippen molar-refractivity contribution in [3.05, 3.63) is 65.7 Å². The first kappa shape index (κ1) is 12.7. The van der Waals surface area contributed by atoms with E-state index in [-0.39, 0.29) is 6.10 Å². The molecule has 94 valence electrons. The molecule has 0 heterocycles. The average molecular weight is 240 g/mol. The van der Waals surface area contributed by atoms with Gasteiger partial charge in [-0.3, -0.25) is 0 Å². The van der Waals surface area contributed by atoms with Crippen LogP contribution in [0, 0.1) is 0 Å². The maximum atomic E-state index is 5.77. The van der Waals surface area contributed by atoms with Crippen LogP contribution in [0.4, 0.5) is 0 Å². The monoisotopic (exact) mass is 240 g/mol. The third-order valence-corrected chi connectivity index (χ3v) is 3.09. The second kappa shape index (κ2) is 6.25. The Balaban J connectivity index is 2.00. The lowest BCUT2D eigenvalue weighted by Gasteiger charge is -2.12. The molecule has 0 aliphatic heterocycles. The van der Waals surface area contributed by atoms with E-state index in [1.165, 1.54) is 11.1 Å². The van der Waals surface area contributed by atoms with Gasteiger partial charge in [0.2, 0.25) is 0 Å². The van der Waals surface area contributed by atoms with Gasteiger partial charge in [-0.05, 0) is 43.0 Å². The van der Waals surface area contributed by atoms with Crippen LogP contribution < -0.4 is 4.74 Å². The number of hydrogen-bond acceptors (Lipinski definition) is 1. The van der Waals surface area contributed by atoms with E-state index in [9.17, 15) is 0 Å². The van der Waals surface area contributed by atoms with E-state index < -0.39 is 0 Å². The number of ether oxygens (including phenoxy) is 1. The van der Waals surface area contributed by atoms with Crippen LogP contribution in [-0.4, -0.2) is 6.10 Å². The van der Waals surface area contributed by atoms with E-state index in [1.807, 2.05) is 6.07 Å². The van der Waals surface area contributed by atoms with Crippen LogP contribution in [-0.2, 0) is 6.42 Å². The van der Waals surface area contributed by atoms with Gasteiger partial charge in [-0.2, -0.15) is 0 Å². The zero-order chi connectivity index (χ0) is 12.8. The Labute approximate surface area is 109 Å². The normalized spacial score (nSPS) is 12.1. The molecule has 0 N–H and O–H groups in total. The molecule has 0 fully saturated rings. The molecule has 1 heteroatoms. The van der Waals surface area contributed by atoms with Crippen molar-refractivity contribution in [1.82, 2.24) is 0 Å². The molecule has 0 saturated heterocycles. The fourth-order valence-corrected chi connectivity index (χ4v) is 1.83. The fraction of sp³-hybridized carbons (Fsp3) is 0.294. The summed E-state index contributed by atoms with van der Waals surface area (Å²) in [6.07, 6.45) is 2.29. The molecule has 0 saturated carbocycles. The summed E-state index contributed by atoms with van der Waals surface area (Å²) < 4.78 is 5.77. The van der Waals surface area contributed by atoms with Crippen molar-refractivity contribution in [3.8, 4) is 5.75 Å². The topological polar surface area (TPSA) is 9.23 Å². The summed E-state index contributed by atoms with van der Waals surface area (Å²) in [7, 11) is 0. The predicted octanol–water partition coefficient (Wildman–Crippen LogP) is 4.45. The molecule has 0 spiro atoms. The van der Waals surface area contributed by atoms with Crippen molar-refractivity contribution in [2.75, 3.05) is 0 Å². The second-order valence-electron chi connectivity index (χ2n) is 4.64. The Morgan fingerprint density at radius 3 is 2.11 bits per heavy atom. The van der Waals surface area contributed by atoms with Gasteiger partial charge in [0.15, 0.2) is 0 Å². The van der Waals surface area contributed by atoms with Gasteiger partial charge in [0.1, 0.15) is 5.75 Å². The Bertz CT molecular complexity index is 459. The minimum absolute atomic E-state index is 0.282. The molecule has 1 atom stereocenters. The minimum Gasteiger partial charge on any atom is -0.491 e. The molecular formula is C17H20O. The van der Waals surface area contributed by atoms with Gasteiger partial charge < -0.3 is 4.74 Å². The minimum atomic E-state index is 0.282. The summed E-state index contributed by atoms with van der Waals surface area (Å²) in [6, 6.07) is 18.9. The van der Waals surface area contributed by atoms with Crippen LogP contribution >= 0.6 is 0 Å². The van der Waals surface area contributed by atoms with E-state index >= 15 is 0 Å². The van der Waals surface area contributed by atoms with Crippen LogP contribution in [0.2, 0.25) is 0 Å². The lowest BCUT2D eigenvalue weighted by atomic mass is 10.1. The summed E-state index contributed by atoms with van der Waals surface area (Å²) in [5, 5.41) is 0. The second-order valence-corrected chi connectivity index (χ2v) is 4.64. The van der Waals surface area contributed by atoms with Crippen LogP contribution in [0.15, 0.2) is 54.6 Å². The third kappa shape index (κ3) is 3.63. The Hall–Kier alpha value is -1.76. The predicted molar refractivity (Wildman–Crippen MR) is 76.1 cm³/mol. The Morgan fingerprint density at radius 1 is 0.889 bits per heavy atom. The van der Waals surface area contributed by atoms with Crippen LogP contribution in [0.3, 0.4) is 0 Å². The molecule has 2 aromatic carbocycles. The molecule has 0 radical (unpaired) electrons. The van der Waals surface area contributed by atoms with Gasteiger partial charge in [0, 0.05) is 0 Å². The van der Waals surface area contributed by atoms with E-state index in [2.05, 4.69) is 62.4 Å². The van der Waals surface area contributed by atoms with Gasteiger partial charge in [0.25, 0.3) is 0 Å². The molecule has 18 heavy (non-hydrogen) atoms. The fourth-order valence-electron chi connectivity index (χ4n) is 1.83. The van der Waals surface area contributed by atoms with Gasteiger partial charge >= 0.3 is 0 Å². The van der Waals surface area contributed by atoms with Gasteiger partial charge in [0.05, 0.1) is 6.10 Å². The van der Waals surface area contributed by atoms with Crippen molar-refractivity contribution >= 4 is 0 Å². The third-order valence-electron chi connectivity index (χ3n) is 3.09. The first-order chi connectivity index (χ1) is 8.78. The van der Waals surface area contributed by atoms with Crippen molar-refractivity contribution in [1.29, 1.82) is 0 Å². The average Bonchev–Trinajstić information content (AvgIpc) is 2.42. The maximum absolute atomic E-state index is 5.77. The molecule has 2 rings (SSSR count). The van der Waals surface area contributed by atoms with Crippen molar-refractivity contribution in [2.24, 2.45) is 0 Å². The zero-order valence-electron chi connectivity index (χ0n) is 11.1. The SMILES string of the molecule is CCC(C)Oc1ccc(Cc2ccccc2)cc1. The summed E-state index contributed by atoms with van der Waals surface area (Å²) in [5.74, 6) is 0.959. The number of benzene rings is 2. The summed E-state index contributed by atoms with van der Waals surface area (Å²) in [4.78, 5) is 0. The molecule has 0 bridgehead atoms. The molecule has 1 nitrogen and oxygen atoms in total. The van der Waals surface area contributed by atoms with Gasteiger partial charge in [-0.25, -0.2) is 0 Å². The highest BCUT2D eigenvalue weighted by Crippen LogP contribution is 2.17. The van der Waals surface area contributed by atoms with E-state index in [0.717, 1.165) is 18.6 Å². The molecule has 2 aromatic rings. The lowest BCUT2D eigenvalue weighted by Crippen LogP contribution is -2.09. The lowest BCUT2D eigenvalue weighted by molar-refractivity contribution is 0.217. The van der Waals surface area contributed by atoms with Gasteiger partial charge in [-0.1, -0.05) is 49.4 Å². The van der Waals surface area contributed by atoms with E-state index in [1.54, 1.807) is 0 Å². The molecule has 1 unspecified atom stereocenters. The zero-order valence-corrected chi connectivity index (χ0v) is 11.1. The maximum Gasteiger partial charge on any atom is 0.119 e. The Morgan fingerprint density at radius 2 is 1.50 bits per heavy atom. The molecular weight excluding hydrogens is 220 g/mol. The standard InChI is InChI=1S/C17H20O/c1-3-14(2)18-17-11-9-16(10-12-17)13-15-7-5-4-6-8-15/h4-12,14H,3,13H2,1-2H3. The first-order valence-electron chi connectivity index (χ1n) is 6.57. The summed E-state index contributed by atoms with van der Waals surface area (Å²) in [5.41, 5.74) is 2.66. The van der Waals surface area contributed by atoms with Crippen LogP contribution in [0.25, 0.3) is 0 Å². The summed E-state index contributed by atoms with van der Waals surface area (Å²) in [6.45, 7) is 4.23. The first-order valence-corrected chi connectivity index (χ1v) is 6.57. The molecule has 0 aliphatic rings. The molecule has 0 amide bonds. The number of rotatable bonds is 5. The van der Waals surface area contributed by atoms with Crippen LogP contribution in [0.5, 0.6) is 5.75 Å².